The maximum absolute atomic E-state index is 5.93. The molecule has 0 aliphatic carbocycles. The van der Waals surface area contributed by atoms with Crippen molar-refractivity contribution in [2.24, 2.45) is 0 Å². The minimum Gasteiger partial charge on any atom is -0.494 e. The van der Waals surface area contributed by atoms with Gasteiger partial charge in [0, 0.05) is 17.1 Å². The van der Waals surface area contributed by atoms with Crippen molar-refractivity contribution in [3.63, 3.8) is 0 Å². The molecule has 0 bridgehead atoms. The van der Waals surface area contributed by atoms with E-state index in [0.29, 0.717) is 6.61 Å². The van der Waals surface area contributed by atoms with Crippen molar-refractivity contribution in [2.75, 3.05) is 13.2 Å². The van der Waals surface area contributed by atoms with Gasteiger partial charge in [-0.25, -0.2) is 0 Å². The zero-order chi connectivity index (χ0) is 16.8. The molecule has 0 aliphatic heterocycles. The van der Waals surface area contributed by atoms with Crippen LogP contribution >= 0.6 is 11.6 Å². The second-order valence-electron chi connectivity index (χ2n) is 5.75. The third-order valence-corrected chi connectivity index (χ3v) is 4.35. The van der Waals surface area contributed by atoms with E-state index in [9.17, 15) is 0 Å². The van der Waals surface area contributed by atoms with Crippen LogP contribution in [0.25, 0.3) is 10.8 Å². The van der Waals surface area contributed by atoms with Crippen molar-refractivity contribution in [3.05, 3.63) is 76.8 Å². The van der Waals surface area contributed by atoms with E-state index in [1.54, 1.807) is 0 Å². The van der Waals surface area contributed by atoms with E-state index in [1.165, 1.54) is 21.9 Å². The van der Waals surface area contributed by atoms with Crippen molar-refractivity contribution in [1.29, 1.82) is 0 Å². The van der Waals surface area contributed by atoms with Crippen LogP contribution in [0.4, 0.5) is 0 Å². The zero-order valence-corrected chi connectivity index (χ0v) is 14.6. The Morgan fingerprint density at radius 1 is 0.958 bits per heavy atom. The van der Waals surface area contributed by atoms with E-state index in [-0.39, 0.29) is 0 Å². The normalized spacial score (nSPS) is 10.9. The lowest BCUT2D eigenvalue weighted by Gasteiger charge is -2.14. The van der Waals surface area contributed by atoms with Gasteiger partial charge in [0.05, 0.1) is 6.61 Å². The van der Waals surface area contributed by atoms with Gasteiger partial charge in [0.15, 0.2) is 0 Å². The predicted molar refractivity (Wildman–Crippen MR) is 102 cm³/mol. The lowest BCUT2D eigenvalue weighted by molar-refractivity contribution is 0.336. The smallest absolute Gasteiger partial charge is 0.124 e. The molecule has 0 amide bonds. The lowest BCUT2D eigenvalue weighted by atomic mass is 10.0. The van der Waals surface area contributed by atoms with Crippen molar-refractivity contribution in [1.82, 2.24) is 5.32 Å². The first kappa shape index (κ1) is 16.8. The Bertz CT molecular complexity index is 799. The Balaban J connectivity index is 1.69. The molecule has 0 saturated heterocycles. The number of hydrogen-bond acceptors (Lipinski definition) is 2. The lowest BCUT2D eigenvalue weighted by Crippen LogP contribution is -2.17. The van der Waals surface area contributed by atoms with Crippen LogP contribution in [-0.2, 0) is 13.0 Å². The van der Waals surface area contributed by atoms with E-state index >= 15 is 0 Å². The Morgan fingerprint density at radius 2 is 1.75 bits per heavy atom. The second-order valence-corrected chi connectivity index (χ2v) is 6.19. The molecule has 3 aromatic carbocycles. The molecule has 3 aromatic rings. The van der Waals surface area contributed by atoms with Gasteiger partial charge in [-0.2, -0.15) is 0 Å². The zero-order valence-electron chi connectivity index (χ0n) is 13.9. The summed E-state index contributed by atoms with van der Waals surface area (Å²) in [6, 6.07) is 20.7. The minimum atomic E-state index is 0.677. The highest BCUT2D eigenvalue weighted by molar-refractivity contribution is 6.30. The number of rotatable bonds is 7. The number of halogens is 1. The van der Waals surface area contributed by atoms with Crippen molar-refractivity contribution in [2.45, 2.75) is 19.9 Å². The summed E-state index contributed by atoms with van der Waals surface area (Å²) in [5.41, 5.74) is 2.51. The highest BCUT2D eigenvalue weighted by Gasteiger charge is 2.08. The van der Waals surface area contributed by atoms with Crippen LogP contribution in [-0.4, -0.2) is 13.2 Å². The number of ether oxygens (including phenoxy) is 1. The maximum atomic E-state index is 5.93. The van der Waals surface area contributed by atoms with Gasteiger partial charge in [0.2, 0.25) is 0 Å². The van der Waals surface area contributed by atoms with E-state index in [1.807, 2.05) is 19.1 Å². The van der Waals surface area contributed by atoms with E-state index in [2.05, 4.69) is 53.8 Å². The highest BCUT2D eigenvalue weighted by Crippen LogP contribution is 2.28. The van der Waals surface area contributed by atoms with Crippen LogP contribution in [0, 0.1) is 0 Å². The summed E-state index contributed by atoms with van der Waals surface area (Å²) in [6.45, 7) is 4.41. The van der Waals surface area contributed by atoms with Gasteiger partial charge >= 0.3 is 0 Å². The number of nitrogens with one attached hydrogen (secondary N) is 1. The van der Waals surface area contributed by atoms with Crippen molar-refractivity contribution in [3.8, 4) is 5.75 Å². The number of benzene rings is 3. The standard InChI is InChI=1S/C21H22ClNO/c1-2-24-21-12-9-17-5-3-4-6-19(17)20(21)15-23-14-13-16-7-10-18(22)11-8-16/h3-12,23H,2,13-15H2,1H3. The minimum absolute atomic E-state index is 0.677. The Morgan fingerprint density at radius 3 is 2.54 bits per heavy atom. The average molecular weight is 340 g/mol. The largest absolute Gasteiger partial charge is 0.494 e. The molecular formula is C21H22ClNO. The topological polar surface area (TPSA) is 21.3 Å². The van der Waals surface area contributed by atoms with Crippen molar-refractivity contribution >= 4 is 22.4 Å². The van der Waals surface area contributed by atoms with Gasteiger partial charge in [-0.1, -0.05) is 54.1 Å². The molecule has 0 aromatic heterocycles. The fraction of sp³-hybridized carbons (Fsp3) is 0.238. The van der Waals surface area contributed by atoms with Gasteiger partial charge in [0.1, 0.15) is 5.75 Å². The molecular weight excluding hydrogens is 318 g/mol. The van der Waals surface area contributed by atoms with Crippen LogP contribution in [0.3, 0.4) is 0 Å². The highest BCUT2D eigenvalue weighted by atomic mass is 35.5. The van der Waals surface area contributed by atoms with Gasteiger partial charge < -0.3 is 10.1 Å². The second kappa shape index (κ2) is 8.18. The Labute approximate surface area is 148 Å². The van der Waals surface area contributed by atoms with Crippen LogP contribution in [0.1, 0.15) is 18.1 Å². The average Bonchev–Trinajstić information content (AvgIpc) is 2.61. The fourth-order valence-electron chi connectivity index (χ4n) is 2.89. The monoisotopic (exact) mass is 339 g/mol. The molecule has 0 radical (unpaired) electrons. The van der Waals surface area contributed by atoms with Crippen LogP contribution in [0.5, 0.6) is 5.75 Å². The first-order valence-corrected chi connectivity index (χ1v) is 8.74. The summed E-state index contributed by atoms with van der Waals surface area (Å²) >= 11 is 5.93. The van der Waals surface area contributed by atoms with Gasteiger partial charge in [-0.05, 0) is 54.4 Å². The van der Waals surface area contributed by atoms with Gasteiger partial charge in [-0.3, -0.25) is 0 Å². The summed E-state index contributed by atoms with van der Waals surface area (Å²) in [6.07, 6.45) is 0.978. The quantitative estimate of drug-likeness (QED) is 0.595. The van der Waals surface area contributed by atoms with Gasteiger partial charge in [-0.15, -0.1) is 0 Å². The van der Waals surface area contributed by atoms with Crippen LogP contribution < -0.4 is 10.1 Å². The third-order valence-electron chi connectivity index (χ3n) is 4.10. The molecule has 0 aliphatic rings. The number of fused-ring (bicyclic) bond motifs is 1. The predicted octanol–water partition coefficient (Wildman–Crippen LogP) is 5.22. The molecule has 0 unspecified atom stereocenters. The SMILES string of the molecule is CCOc1ccc2ccccc2c1CNCCc1ccc(Cl)cc1. The molecule has 2 nitrogen and oxygen atoms in total. The van der Waals surface area contributed by atoms with E-state index in [4.69, 9.17) is 16.3 Å². The summed E-state index contributed by atoms with van der Waals surface area (Å²) in [5.74, 6) is 0.968. The third kappa shape index (κ3) is 4.08. The summed E-state index contributed by atoms with van der Waals surface area (Å²) in [7, 11) is 0. The summed E-state index contributed by atoms with van der Waals surface area (Å²) < 4.78 is 5.82. The van der Waals surface area contributed by atoms with E-state index in [0.717, 1.165) is 30.3 Å². The Hall–Kier alpha value is -2.03. The molecule has 1 N–H and O–H groups in total. The molecule has 3 rings (SSSR count). The molecule has 0 heterocycles. The van der Waals surface area contributed by atoms with Crippen LogP contribution in [0.15, 0.2) is 60.7 Å². The molecule has 0 atom stereocenters. The molecule has 0 saturated carbocycles. The Kier molecular flexibility index (Phi) is 5.73. The molecule has 24 heavy (non-hydrogen) atoms. The first-order chi connectivity index (χ1) is 11.8. The first-order valence-electron chi connectivity index (χ1n) is 8.36. The van der Waals surface area contributed by atoms with E-state index < -0.39 is 0 Å². The maximum Gasteiger partial charge on any atom is 0.124 e. The molecule has 124 valence electrons. The summed E-state index contributed by atoms with van der Waals surface area (Å²) in [5, 5.41) is 6.82. The number of hydrogen-bond donors (Lipinski definition) is 1. The fourth-order valence-corrected chi connectivity index (χ4v) is 3.01. The molecule has 3 heteroatoms. The van der Waals surface area contributed by atoms with Crippen LogP contribution in [0.2, 0.25) is 5.02 Å². The van der Waals surface area contributed by atoms with Crippen molar-refractivity contribution < 1.29 is 4.74 Å². The summed E-state index contributed by atoms with van der Waals surface area (Å²) in [4.78, 5) is 0. The van der Waals surface area contributed by atoms with Gasteiger partial charge in [0.25, 0.3) is 0 Å². The molecule has 0 fully saturated rings. The molecule has 0 spiro atoms.